The largest absolute Gasteiger partial charge is 0.476 e. The number of amides is 1. The molecule has 0 unspecified atom stereocenters. The highest BCUT2D eigenvalue weighted by Gasteiger charge is 2.41. The molecule has 1 aliphatic rings. The van der Waals surface area contributed by atoms with Crippen LogP contribution in [0.3, 0.4) is 0 Å². The molecule has 0 aromatic heterocycles. The number of esters is 1. The van der Waals surface area contributed by atoms with Gasteiger partial charge in [0.25, 0.3) is 5.91 Å². The SMILES string of the molecule is COC(=O)CCN1C(=O)C(C)(C)Oc2c(C(C)C)cccc21. The molecule has 0 saturated heterocycles. The molecule has 2 rings (SSSR count). The number of fused-ring (bicyclic) bond motifs is 1. The van der Waals surface area contributed by atoms with Crippen molar-refractivity contribution in [3.63, 3.8) is 0 Å². The number of anilines is 1. The first kappa shape index (κ1) is 16.3. The molecule has 0 N–H and O–H groups in total. The first-order valence-corrected chi connectivity index (χ1v) is 7.48. The quantitative estimate of drug-likeness (QED) is 0.803. The Kier molecular flexibility index (Phi) is 4.44. The number of hydrogen-bond acceptors (Lipinski definition) is 4. The molecule has 0 aliphatic carbocycles. The highest BCUT2D eigenvalue weighted by atomic mass is 16.5. The molecule has 1 aromatic rings. The van der Waals surface area contributed by atoms with Gasteiger partial charge in [-0.2, -0.15) is 0 Å². The van der Waals surface area contributed by atoms with Crippen LogP contribution in [0.25, 0.3) is 0 Å². The van der Waals surface area contributed by atoms with Gasteiger partial charge >= 0.3 is 5.97 Å². The normalized spacial score (nSPS) is 16.3. The Morgan fingerprint density at radius 3 is 2.64 bits per heavy atom. The minimum atomic E-state index is -0.950. The maximum Gasteiger partial charge on any atom is 0.307 e. The van der Waals surface area contributed by atoms with Crippen molar-refractivity contribution in [3.8, 4) is 5.75 Å². The van der Waals surface area contributed by atoms with E-state index in [-0.39, 0.29) is 30.8 Å². The van der Waals surface area contributed by atoms with E-state index in [1.54, 1.807) is 18.7 Å². The van der Waals surface area contributed by atoms with Crippen LogP contribution in [0.2, 0.25) is 0 Å². The number of ether oxygens (including phenoxy) is 2. The monoisotopic (exact) mass is 305 g/mol. The highest BCUT2D eigenvalue weighted by Crippen LogP contribution is 2.42. The molecule has 0 bridgehead atoms. The zero-order valence-corrected chi connectivity index (χ0v) is 13.8. The predicted molar refractivity (Wildman–Crippen MR) is 84.2 cm³/mol. The predicted octanol–water partition coefficient (Wildman–Crippen LogP) is 2.88. The molecule has 1 amide bonds. The number of benzene rings is 1. The Morgan fingerprint density at radius 1 is 1.36 bits per heavy atom. The molecule has 0 fully saturated rings. The minimum Gasteiger partial charge on any atom is -0.476 e. The zero-order valence-electron chi connectivity index (χ0n) is 13.8. The van der Waals surface area contributed by atoms with Gasteiger partial charge in [-0.15, -0.1) is 0 Å². The van der Waals surface area contributed by atoms with Crippen LogP contribution in [0.15, 0.2) is 18.2 Å². The molecule has 5 nitrogen and oxygen atoms in total. The van der Waals surface area contributed by atoms with E-state index >= 15 is 0 Å². The summed E-state index contributed by atoms with van der Waals surface area (Å²) < 4.78 is 10.7. The number of rotatable bonds is 4. The third-order valence-electron chi connectivity index (χ3n) is 3.82. The van der Waals surface area contributed by atoms with Gasteiger partial charge in [0.2, 0.25) is 0 Å². The molecule has 0 radical (unpaired) electrons. The number of hydrogen-bond donors (Lipinski definition) is 0. The third-order valence-corrected chi connectivity index (χ3v) is 3.82. The summed E-state index contributed by atoms with van der Waals surface area (Å²) in [6.45, 7) is 7.95. The van der Waals surface area contributed by atoms with Crippen LogP contribution in [0, 0.1) is 0 Å². The summed E-state index contributed by atoms with van der Waals surface area (Å²) in [5.41, 5.74) is 0.828. The van der Waals surface area contributed by atoms with Gasteiger partial charge in [0.15, 0.2) is 5.60 Å². The Hall–Kier alpha value is -2.04. The maximum absolute atomic E-state index is 12.6. The first-order valence-electron chi connectivity index (χ1n) is 7.48. The summed E-state index contributed by atoms with van der Waals surface area (Å²) in [7, 11) is 1.35. The van der Waals surface area contributed by atoms with Gasteiger partial charge in [-0.3, -0.25) is 9.59 Å². The minimum absolute atomic E-state index is 0.148. The van der Waals surface area contributed by atoms with Crippen LogP contribution in [0.4, 0.5) is 5.69 Å². The average Bonchev–Trinajstić information content (AvgIpc) is 2.46. The van der Waals surface area contributed by atoms with Gasteiger partial charge in [0.05, 0.1) is 19.2 Å². The molecule has 0 spiro atoms. The van der Waals surface area contributed by atoms with Crippen LogP contribution >= 0.6 is 0 Å². The molecule has 1 aliphatic heterocycles. The number of carbonyl (C=O) groups is 2. The van der Waals surface area contributed by atoms with Crippen molar-refractivity contribution >= 4 is 17.6 Å². The Morgan fingerprint density at radius 2 is 2.05 bits per heavy atom. The molecular formula is C17H23NO4. The van der Waals surface area contributed by atoms with Crippen LogP contribution in [0.1, 0.15) is 45.6 Å². The van der Waals surface area contributed by atoms with Crippen molar-refractivity contribution in [1.82, 2.24) is 0 Å². The molecule has 1 aromatic carbocycles. The highest BCUT2D eigenvalue weighted by molar-refractivity contribution is 6.03. The first-order chi connectivity index (χ1) is 10.3. The topological polar surface area (TPSA) is 55.8 Å². The van der Waals surface area contributed by atoms with Crippen LogP contribution in [0.5, 0.6) is 5.75 Å². The second-order valence-corrected chi connectivity index (χ2v) is 6.25. The lowest BCUT2D eigenvalue weighted by atomic mass is 9.96. The fourth-order valence-electron chi connectivity index (χ4n) is 2.58. The van der Waals surface area contributed by atoms with E-state index in [9.17, 15) is 9.59 Å². The summed E-state index contributed by atoms with van der Waals surface area (Å²) >= 11 is 0. The molecule has 0 atom stereocenters. The summed E-state index contributed by atoms with van der Waals surface area (Å²) in [6, 6.07) is 5.77. The van der Waals surface area contributed by atoms with E-state index in [1.165, 1.54) is 7.11 Å². The lowest BCUT2D eigenvalue weighted by molar-refractivity contribution is -0.140. The number of para-hydroxylation sites is 1. The second kappa shape index (κ2) is 5.99. The van der Waals surface area contributed by atoms with Gasteiger partial charge in [-0.1, -0.05) is 26.0 Å². The summed E-state index contributed by atoms with van der Waals surface area (Å²) in [4.78, 5) is 25.7. The molecule has 5 heteroatoms. The number of methoxy groups -OCH3 is 1. The van der Waals surface area contributed by atoms with Crippen molar-refractivity contribution < 1.29 is 19.1 Å². The van der Waals surface area contributed by atoms with Crippen molar-refractivity contribution in [2.45, 2.75) is 45.6 Å². The van der Waals surface area contributed by atoms with E-state index in [2.05, 4.69) is 18.6 Å². The van der Waals surface area contributed by atoms with Crippen molar-refractivity contribution in [1.29, 1.82) is 0 Å². The third kappa shape index (κ3) is 2.93. The molecule has 120 valence electrons. The lowest BCUT2D eigenvalue weighted by Gasteiger charge is -2.40. The molecular weight excluding hydrogens is 282 g/mol. The van der Waals surface area contributed by atoms with Gasteiger partial charge in [0, 0.05) is 6.54 Å². The second-order valence-electron chi connectivity index (χ2n) is 6.25. The van der Waals surface area contributed by atoms with Gasteiger partial charge < -0.3 is 14.4 Å². The fraction of sp³-hybridized carbons (Fsp3) is 0.529. The van der Waals surface area contributed by atoms with E-state index in [1.807, 2.05) is 18.2 Å². The Balaban J connectivity index is 2.44. The van der Waals surface area contributed by atoms with Gasteiger partial charge in [-0.25, -0.2) is 0 Å². The standard InChI is InChI=1S/C17H23NO4/c1-11(2)12-7-6-8-13-15(12)22-17(3,4)16(20)18(13)10-9-14(19)21-5/h6-8,11H,9-10H2,1-5H3. The number of nitrogens with zero attached hydrogens (tertiary/aromatic N) is 1. The zero-order chi connectivity index (χ0) is 16.5. The molecule has 0 saturated carbocycles. The smallest absolute Gasteiger partial charge is 0.307 e. The van der Waals surface area contributed by atoms with Crippen LogP contribution in [-0.2, 0) is 14.3 Å². The average molecular weight is 305 g/mol. The fourth-order valence-corrected chi connectivity index (χ4v) is 2.58. The molecule has 1 heterocycles. The van der Waals surface area contributed by atoms with E-state index < -0.39 is 5.60 Å². The Labute approximate surface area is 131 Å². The van der Waals surface area contributed by atoms with Crippen molar-refractivity contribution in [2.24, 2.45) is 0 Å². The van der Waals surface area contributed by atoms with Crippen LogP contribution in [-0.4, -0.2) is 31.1 Å². The lowest BCUT2D eigenvalue weighted by Crippen LogP contribution is -2.53. The van der Waals surface area contributed by atoms with Gasteiger partial charge in [0.1, 0.15) is 5.75 Å². The number of carbonyl (C=O) groups excluding carboxylic acids is 2. The summed E-state index contributed by atoms with van der Waals surface area (Å²) in [6.07, 6.45) is 0.156. The van der Waals surface area contributed by atoms with Crippen LogP contribution < -0.4 is 9.64 Å². The van der Waals surface area contributed by atoms with E-state index in [0.29, 0.717) is 0 Å². The Bertz CT molecular complexity index is 592. The molecule has 22 heavy (non-hydrogen) atoms. The van der Waals surface area contributed by atoms with Gasteiger partial charge in [-0.05, 0) is 31.4 Å². The van der Waals surface area contributed by atoms with Crippen molar-refractivity contribution in [3.05, 3.63) is 23.8 Å². The van der Waals surface area contributed by atoms with E-state index in [4.69, 9.17) is 4.74 Å². The van der Waals surface area contributed by atoms with Crippen molar-refractivity contribution in [2.75, 3.05) is 18.6 Å². The summed E-state index contributed by atoms with van der Waals surface area (Å²) in [5, 5.41) is 0. The maximum atomic E-state index is 12.6. The summed E-state index contributed by atoms with van der Waals surface area (Å²) in [5.74, 6) is 0.525. The van der Waals surface area contributed by atoms with E-state index in [0.717, 1.165) is 17.0 Å².